The van der Waals surface area contributed by atoms with E-state index in [0.29, 0.717) is 0 Å². The molecule has 2 aliphatic heterocycles. The van der Waals surface area contributed by atoms with Crippen LogP contribution < -0.4 is 0 Å². The van der Waals surface area contributed by atoms with Crippen LogP contribution in [0.4, 0.5) is 0 Å². The number of piperidine rings is 1. The molecule has 0 aromatic heterocycles. The molecule has 2 rings (SSSR count). The second-order valence-corrected chi connectivity index (χ2v) is 5.53. The maximum Gasteiger partial charge on any atom is 0.245 e. The summed E-state index contributed by atoms with van der Waals surface area (Å²) in [5.74, 6) is 0.173. The Balaban J connectivity index is 0.000000211. The highest BCUT2D eigenvalue weighted by Crippen LogP contribution is 2.09. The summed E-state index contributed by atoms with van der Waals surface area (Å²) in [5.41, 5.74) is 0. The Morgan fingerprint density at radius 3 is 1.19 bits per heavy atom. The molecule has 0 spiro atoms. The molecule has 4 heteroatoms. The first kappa shape index (κ1) is 17.5. The number of carbonyl (C=O) groups is 2. The third-order valence-corrected chi connectivity index (χ3v) is 3.93. The molecule has 2 saturated heterocycles. The summed E-state index contributed by atoms with van der Waals surface area (Å²) >= 11 is 0. The summed E-state index contributed by atoms with van der Waals surface area (Å²) in [4.78, 5) is 25.8. The molecule has 0 unspecified atom stereocenters. The maximum atomic E-state index is 11.1. The molecule has 2 aliphatic rings. The lowest BCUT2D eigenvalue weighted by Gasteiger charge is -2.25. The van der Waals surface area contributed by atoms with Gasteiger partial charge in [0.05, 0.1) is 0 Å². The molecule has 2 heterocycles. The van der Waals surface area contributed by atoms with Crippen LogP contribution in [0, 0.1) is 0 Å². The van der Waals surface area contributed by atoms with Gasteiger partial charge in [0.15, 0.2) is 0 Å². The minimum Gasteiger partial charge on any atom is -0.339 e. The summed E-state index contributed by atoms with van der Waals surface area (Å²) < 4.78 is 0. The average Bonchev–Trinajstić information content (AvgIpc) is 2.84. The Morgan fingerprint density at radius 1 is 0.619 bits per heavy atom. The van der Waals surface area contributed by atoms with Gasteiger partial charge in [-0.3, -0.25) is 9.59 Å². The average molecular weight is 292 g/mol. The first-order valence-corrected chi connectivity index (χ1v) is 8.01. The largest absolute Gasteiger partial charge is 0.339 e. The van der Waals surface area contributed by atoms with E-state index < -0.39 is 0 Å². The van der Waals surface area contributed by atoms with Crippen LogP contribution in [0.1, 0.15) is 44.9 Å². The van der Waals surface area contributed by atoms with E-state index in [-0.39, 0.29) is 11.8 Å². The van der Waals surface area contributed by atoms with Gasteiger partial charge in [-0.1, -0.05) is 26.0 Å². The van der Waals surface area contributed by atoms with E-state index in [1.807, 2.05) is 9.80 Å². The predicted molar refractivity (Wildman–Crippen MR) is 85.9 cm³/mol. The summed E-state index contributed by atoms with van der Waals surface area (Å²) in [6, 6.07) is 0. The van der Waals surface area contributed by atoms with Crippen LogP contribution in [0.5, 0.6) is 0 Å². The van der Waals surface area contributed by atoms with E-state index >= 15 is 0 Å². The SMILES string of the molecule is C=CC(=O)N1CCCCC1.C=CC(=O)N1CCCCCC1. The molecule has 21 heavy (non-hydrogen) atoms. The predicted octanol–water partition coefficient (Wildman–Crippen LogP) is 2.76. The van der Waals surface area contributed by atoms with Gasteiger partial charge in [-0.25, -0.2) is 0 Å². The van der Waals surface area contributed by atoms with Gasteiger partial charge in [0.25, 0.3) is 0 Å². The molecule has 0 aromatic carbocycles. The van der Waals surface area contributed by atoms with Crippen molar-refractivity contribution in [2.75, 3.05) is 26.2 Å². The first-order chi connectivity index (χ1) is 10.2. The van der Waals surface area contributed by atoms with E-state index in [9.17, 15) is 9.59 Å². The van der Waals surface area contributed by atoms with Crippen molar-refractivity contribution in [3.63, 3.8) is 0 Å². The molecule has 118 valence electrons. The van der Waals surface area contributed by atoms with Gasteiger partial charge in [0, 0.05) is 26.2 Å². The summed E-state index contributed by atoms with van der Waals surface area (Å²) in [6.45, 7) is 10.6. The van der Waals surface area contributed by atoms with E-state index in [4.69, 9.17) is 0 Å². The highest BCUT2D eigenvalue weighted by atomic mass is 16.2. The molecule has 0 radical (unpaired) electrons. The van der Waals surface area contributed by atoms with Crippen LogP contribution in [0.2, 0.25) is 0 Å². The van der Waals surface area contributed by atoms with Crippen molar-refractivity contribution < 1.29 is 9.59 Å². The molecule has 0 saturated carbocycles. The molecular weight excluding hydrogens is 264 g/mol. The number of hydrogen-bond acceptors (Lipinski definition) is 2. The van der Waals surface area contributed by atoms with Crippen LogP contribution in [0.25, 0.3) is 0 Å². The van der Waals surface area contributed by atoms with Crippen LogP contribution >= 0.6 is 0 Å². The van der Waals surface area contributed by atoms with Crippen LogP contribution in [0.15, 0.2) is 25.3 Å². The van der Waals surface area contributed by atoms with Gasteiger partial charge < -0.3 is 9.80 Å². The molecule has 0 N–H and O–H groups in total. The van der Waals surface area contributed by atoms with Crippen molar-refractivity contribution >= 4 is 11.8 Å². The lowest BCUT2D eigenvalue weighted by Crippen LogP contribution is -2.34. The molecule has 4 nitrogen and oxygen atoms in total. The van der Waals surface area contributed by atoms with Crippen molar-refractivity contribution in [2.45, 2.75) is 44.9 Å². The number of nitrogens with zero attached hydrogens (tertiary/aromatic N) is 2. The van der Waals surface area contributed by atoms with Crippen molar-refractivity contribution in [2.24, 2.45) is 0 Å². The molecule has 2 amide bonds. The van der Waals surface area contributed by atoms with Crippen molar-refractivity contribution in [1.82, 2.24) is 9.80 Å². The molecule has 2 fully saturated rings. The minimum atomic E-state index is 0.0831. The fourth-order valence-corrected chi connectivity index (χ4v) is 2.66. The van der Waals surface area contributed by atoms with Gasteiger partial charge in [0.2, 0.25) is 11.8 Å². The Hall–Kier alpha value is -1.58. The van der Waals surface area contributed by atoms with Gasteiger partial charge in [-0.15, -0.1) is 0 Å². The minimum absolute atomic E-state index is 0.0831. The van der Waals surface area contributed by atoms with Gasteiger partial charge in [0.1, 0.15) is 0 Å². The number of rotatable bonds is 2. The van der Waals surface area contributed by atoms with E-state index in [1.165, 1.54) is 31.4 Å². The van der Waals surface area contributed by atoms with Crippen molar-refractivity contribution in [1.29, 1.82) is 0 Å². The second-order valence-electron chi connectivity index (χ2n) is 5.53. The second kappa shape index (κ2) is 10.2. The number of carbonyl (C=O) groups excluding carboxylic acids is 2. The Kier molecular flexibility index (Phi) is 8.48. The van der Waals surface area contributed by atoms with Crippen LogP contribution in [-0.2, 0) is 9.59 Å². The zero-order valence-electron chi connectivity index (χ0n) is 13.1. The van der Waals surface area contributed by atoms with Crippen LogP contribution in [-0.4, -0.2) is 47.8 Å². The normalized spacial score (nSPS) is 18.9. The first-order valence-electron chi connectivity index (χ1n) is 8.01. The lowest BCUT2D eigenvalue weighted by atomic mass is 10.1. The summed E-state index contributed by atoms with van der Waals surface area (Å²) in [5, 5.41) is 0. The number of hydrogen-bond donors (Lipinski definition) is 0. The topological polar surface area (TPSA) is 40.6 Å². The lowest BCUT2D eigenvalue weighted by molar-refractivity contribution is -0.127. The van der Waals surface area contributed by atoms with Gasteiger partial charge in [-0.05, 0) is 44.3 Å². The quantitative estimate of drug-likeness (QED) is 0.734. The Bertz CT molecular complexity index is 352. The zero-order chi connectivity index (χ0) is 15.5. The third-order valence-electron chi connectivity index (χ3n) is 3.93. The molecule has 0 atom stereocenters. The third kappa shape index (κ3) is 6.61. The Labute approximate surface area is 128 Å². The molecular formula is C17H28N2O2. The highest BCUT2D eigenvalue weighted by Gasteiger charge is 2.12. The standard InChI is InChI=1S/C9H15NO.C8H13NO/c1-2-9(11)10-7-5-3-4-6-8-10;1-2-8(10)9-6-4-3-5-7-9/h2H,1,3-8H2;2H,1,3-7H2. The van der Waals surface area contributed by atoms with Crippen LogP contribution in [0.3, 0.4) is 0 Å². The van der Waals surface area contributed by atoms with Gasteiger partial charge in [-0.2, -0.15) is 0 Å². The van der Waals surface area contributed by atoms with Gasteiger partial charge >= 0.3 is 0 Å². The molecule has 0 bridgehead atoms. The van der Waals surface area contributed by atoms with Crippen molar-refractivity contribution in [3.8, 4) is 0 Å². The maximum absolute atomic E-state index is 11.1. The number of likely N-dealkylation sites (tertiary alicyclic amines) is 2. The fraction of sp³-hybridized carbons (Fsp3) is 0.647. The number of amides is 2. The van der Waals surface area contributed by atoms with Crippen molar-refractivity contribution in [3.05, 3.63) is 25.3 Å². The smallest absolute Gasteiger partial charge is 0.245 e. The monoisotopic (exact) mass is 292 g/mol. The van der Waals surface area contributed by atoms with E-state index in [1.54, 1.807) is 0 Å². The fourth-order valence-electron chi connectivity index (χ4n) is 2.66. The zero-order valence-corrected chi connectivity index (χ0v) is 13.1. The highest BCUT2D eigenvalue weighted by molar-refractivity contribution is 5.87. The Morgan fingerprint density at radius 2 is 0.905 bits per heavy atom. The van der Waals surface area contributed by atoms with E-state index in [2.05, 4.69) is 13.2 Å². The summed E-state index contributed by atoms with van der Waals surface area (Å²) in [7, 11) is 0. The molecule has 0 aromatic rings. The molecule has 0 aliphatic carbocycles. The summed E-state index contributed by atoms with van der Waals surface area (Å²) in [6.07, 6.45) is 11.2. The van der Waals surface area contributed by atoms with E-state index in [0.717, 1.165) is 51.9 Å².